The van der Waals surface area contributed by atoms with Gasteiger partial charge in [0.25, 0.3) is 0 Å². The molecule has 0 amide bonds. The fourth-order valence-electron chi connectivity index (χ4n) is 0.672. The lowest BCUT2D eigenvalue weighted by molar-refractivity contribution is -0.146. The predicted octanol–water partition coefficient (Wildman–Crippen LogP) is 0.196. The van der Waals surface area contributed by atoms with Crippen LogP contribution in [0.3, 0.4) is 0 Å². The summed E-state index contributed by atoms with van der Waals surface area (Å²) in [5, 5.41) is 0. The average molecular weight is 130 g/mol. The maximum atomic E-state index is 10.7. The molecular weight excluding hydrogens is 120 g/mol. The first-order chi connectivity index (χ1) is 4.30. The molecule has 1 fully saturated rings. The van der Waals surface area contributed by atoms with Crippen molar-refractivity contribution in [3.8, 4) is 0 Å². The van der Waals surface area contributed by atoms with E-state index in [0.717, 1.165) is 0 Å². The van der Waals surface area contributed by atoms with Crippen molar-refractivity contribution in [2.24, 2.45) is 5.92 Å². The molecule has 1 aliphatic rings. The van der Waals surface area contributed by atoms with E-state index in [-0.39, 0.29) is 11.9 Å². The summed E-state index contributed by atoms with van der Waals surface area (Å²) in [5.41, 5.74) is 0. The SMILES string of the molecule is CC1COCCOC1=O. The van der Waals surface area contributed by atoms with E-state index in [4.69, 9.17) is 9.47 Å². The average Bonchev–Trinajstić information content (AvgIpc) is 1.99. The highest BCUT2D eigenvalue weighted by atomic mass is 16.6. The molecule has 9 heavy (non-hydrogen) atoms. The van der Waals surface area contributed by atoms with Crippen LogP contribution < -0.4 is 0 Å². The Labute approximate surface area is 53.9 Å². The second-order valence-electron chi connectivity index (χ2n) is 2.14. The topological polar surface area (TPSA) is 35.5 Å². The summed E-state index contributed by atoms with van der Waals surface area (Å²) in [4.78, 5) is 10.7. The van der Waals surface area contributed by atoms with E-state index in [9.17, 15) is 4.79 Å². The number of carbonyl (C=O) groups excluding carboxylic acids is 1. The Morgan fingerprint density at radius 2 is 2.33 bits per heavy atom. The predicted molar refractivity (Wildman–Crippen MR) is 30.9 cm³/mol. The minimum atomic E-state index is -0.146. The molecule has 3 heteroatoms. The van der Waals surface area contributed by atoms with E-state index in [1.54, 1.807) is 6.92 Å². The van der Waals surface area contributed by atoms with Crippen molar-refractivity contribution in [2.75, 3.05) is 19.8 Å². The van der Waals surface area contributed by atoms with Crippen molar-refractivity contribution in [3.05, 3.63) is 0 Å². The molecule has 1 unspecified atom stereocenters. The Morgan fingerprint density at radius 1 is 1.56 bits per heavy atom. The summed E-state index contributed by atoms with van der Waals surface area (Å²) < 4.78 is 9.78. The van der Waals surface area contributed by atoms with Gasteiger partial charge in [-0.3, -0.25) is 4.79 Å². The Bertz CT molecular complexity index is 111. The first kappa shape index (κ1) is 6.55. The van der Waals surface area contributed by atoms with E-state index >= 15 is 0 Å². The van der Waals surface area contributed by atoms with E-state index in [1.165, 1.54) is 0 Å². The van der Waals surface area contributed by atoms with Crippen LogP contribution in [0.25, 0.3) is 0 Å². The molecule has 0 aromatic rings. The van der Waals surface area contributed by atoms with Gasteiger partial charge in [-0.1, -0.05) is 0 Å². The van der Waals surface area contributed by atoms with E-state index in [0.29, 0.717) is 19.8 Å². The standard InChI is InChI=1S/C6H10O3/c1-5-4-8-2-3-9-6(5)7/h5H,2-4H2,1H3. The molecule has 1 saturated heterocycles. The zero-order valence-corrected chi connectivity index (χ0v) is 5.42. The van der Waals surface area contributed by atoms with Crippen LogP contribution in [0, 0.1) is 5.92 Å². The molecule has 52 valence electrons. The third-order valence-corrected chi connectivity index (χ3v) is 1.24. The normalized spacial score (nSPS) is 29.0. The molecule has 1 aliphatic heterocycles. The summed E-state index contributed by atoms with van der Waals surface area (Å²) in [6.07, 6.45) is 0. The summed E-state index contributed by atoms with van der Waals surface area (Å²) in [5.74, 6) is -0.236. The van der Waals surface area contributed by atoms with E-state index in [2.05, 4.69) is 0 Å². The molecule has 0 bridgehead atoms. The molecule has 0 N–H and O–H groups in total. The maximum Gasteiger partial charge on any atom is 0.311 e. The van der Waals surface area contributed by atoms with Crippen LogP contribution in [-0.4, -0.2) is 25.8 Å². The number of rotatable bonds is 0. The zero-order valence-electron chi connectivity index (χ0n) is 5.42. The number of carbonyl (C=O) groups is 1. The van der Waals surface area contributed by atoms with Crippen LogP contribution in [0.2, 0.25) is 0 Å². The Kier molecular flexibility index (Phi) is 2.05. The van der Waals surface area contributed by atoms with Crippen molar-refractivity contribution in [2.45, 2.75) is 6.92 Å². The molecule has 0 aromatic carbocycles. The van der Waals surface area contributed by atoms with Gasteiger partial charge in [0.1, 0.15) is 6.61 Å². The molecule has 1 rings (SSSR count). The molecule has 0 spiro atoms. The first-order valence-electron chi connectivity index (χ1n) is 3.05. The molecule has 0 saturated carbocycles. The third-order valence-electron chi connectivity index (χ3n) is 1.24. The highest BCUT2D eigenvalue weighted by Gasteiger charge is 2.16. The molecular formula is C6H10O3. The van der Waals surface area contributed by atoms with Crippen LogP contribution >= 0.6 is 0 Å². The lowest BCUT2D eigenvalue weighted by Gasteiger charge is -2.01. The van der Waals surface area contributed by atoms with Crippen LogP contribution in [0.4, 0.5) is 0 Å². The van der Waals surface area contributed by atoms with Gasteiger partial charge >= 0.3 is 5.97 Å². The number of hydrogen-bond donors (Lipinski definition) is 0. The van der Waals surface area contributed by atoms with Gasteiger partial charge in [-0.25, -0.2) is 0 Å². The Hall–Kier alpha value is -0.570. The largest absolute Gasteiger partial charge is 0.463 e. The van der Waals surface area contributed by atoms with Crippen LogP contribution in [-0.2, 0) is 14.3 Å². The first-order valence-corrected chi connectivity index (χ1v) is 3.05. The summed E-state index contributed by atoms with van der Waals surface area (Å²) in [7, 11) is 0. The molecule has 1 atom stereocenters. The van der Waals surface area contributed by atoms with E-state index in [1.807, 2.05) is 0 Å². The van der Waals surface area contributed by atoms with Crippen molar-refractivity contribution < 1.29 is 14.3 Å². The van der Waals surface area contributed by atoms with Gasteiger partial charge in [-0.2, -0.15) is 0 Å². The van der Waals surface area contributed by atoms with Crippen molar-refractivity contribution in [3.63, 3.8) is 0 Å². The number of hydrogen-bond acceptors (Lipinski definition) is 3. The third kappa shape index (κ3) is 1.68. The Morgan fingerprint density at radius 3 is 3.11 bits per heavy atom. The Balaban J connectivity index is 2.41. The second-order valence-corrected chi connectivity index (χ2v) is 2.14. The monoisotopic (exact) mass is 130 g/mol. The van der Waals surface area contributed by atoms with Gasteiger partial charge < -0.3 is 9.47 Å². The van der Waals surface area contributed by atoms with Gasteiger partial charge in [0.15, 0.2) is 0 Å². The summed E-state index contributed by atoms with van der Waals surface area (Å²) in [6, 6.07) is 0. The maximum absolute atomic E-state index is 10.7. The van der Waals surface area contributed by atoms with Gasteiger partial charge in [0.05, 0.1) is 19.1 Å². The lowest BCUT2D eigenvalue weighted by Crippen LogP contribution is -2.14. The fraction of sp³-hybridized carbons (Fsp3) is 0.833. The lowest BCUT2D eigenvalue weighted by atomic mass is 10.2. The molecule has 0 radical (unpaired) electrons. The molecule has 0 aromatic heterocycles. The number of cyclic esters (lactones) is 1. The minimum Gasteiger partial charge on any atom is -0.463 e. The fourth-order valence-corrected chi connectivity index (χ4v) is 0.672. The van der Waals surface area contributed by atoms with Crippen molar-refractivity contribution >= 4 is 5.97 Å². The number of ether oxygens (including phenoxy) is 2. The van der Waals surface area contributed by atoms with Crippen LogP contribution in [0.15, 0.2) is 0 Å². The van der Waals surface area contributed by atoms with Crippen molar-refractivity contribution in [1.29, 1.82) is 0 Å². The summed E-state index contributed by atoms with van der Waals surface area (Å²) >= 11 is 0. The van der Waals surface area contributed by atoms with Gasteiger partial charge in [-0.15, -0.1) is 0 Å². The van der Waals surface area contributed by atoms with Gasteiger partial charge in [0.2, 0.25) is 0 Å². The van der Waals surface area contributed by atoms with Gasteiger partial charge in [0, 0.05) is 0 Å². The zero-order chi connectivity index (χ0) is 6.69. The summed E-state index contributed by atoms with van der Waals surface area (Å²) in [6.45, 7) is 3.24. The highest BCUT2D eigenvalue weighted by molar-refractivity contribution is 5.72. The van der Waals surface area contributed by atoms with Crippen molar-refractivity contribution in [1.82, 2.24) is 0 Å². The second kappa shape index (κ2) is 2.82. The highest BCUT2D eigenvalue weighted by Crippen LogP contribution is 2.02. The van der Waals surface area contributed by atoms with Crippen LogP contribution in [0.5, 0.6) is 0 Å². The smallest absolute Gasteiger partial charge is 0.311 e. The van der Waals surface area contributed by atoms with Gasteiger partial charge in [-0.05, 0) is 6.92 Å². The molecule has 1 heterocycles. The quantitative estimate of drug-likeness (QED) is 0.439. The van der Waals surface area contributed by atoms with Crippen LogP contribution in [0.1, 0.15) is 6.92 Å². The molecule has 0 aliphatic carbocycles. The minimum absolute atomic E-state index is 0.0903. The molecule has 3 nitrogen and oxygen atoms in total. The van der Waals surface area contributed by atoms with E-state index < -0.39 is 0 Å². The number of esters is 1.